The van der Waals surface area contributed by atoms with Crippen LogP contribution < -0.4 is 5.32 Å². The molecule has 0 fully saturated rings. The molecule has 3 aromatic carbocycles. The van der Waals surface area contributed by atoms with E-state index in [4.69, 9.17) is 0 Å². The molecule has 0 heterocycles. The monoisotopic (exact) mass is 448 g/mol. The maximum absolute atomic E-state index is 13.4. The van der Waals surface area contributed by atoms with Crippen LogP contribution in [0.5, 0.6) is 0 Å². The van der Waals surface area contributed by atoms with Gasteiger partial charge in [0, 0.05) is 6.54 Å². The number of sulfonamides is 1. The first kappa shape index (κ1) is 22.2. The Labute approximate surface area is 190 Å². The van der Waals surface area contributed by atoms with Crippen molar-refractivity contribution in [1.82, 2.24) is 9.62 Å². The minimum atomic E-state index is -3.84. The van der Waals surface area contributed by atoms with Crippen LogP contribution in [0.1, 0.15) is 41.1 Å². The molecule has 0 saturated heterocycles. The van der Waals surface area contributed by atoms with Gasteiger partial charge in [-0.2, -0.15) is 4.31 Å². The third-order valence-electron chi connectivity index (χ3n) is 5.89. The lowest BCUT2D eigenvalue weighted by Gasteiger charge is -2.28. The van der Waals surface area contributed by atoms with E-state index >= 15 is 0 Å². The summed E-state index contributed by atoms with van der Waals surface area (Å²) in [5.41, 5.74) is 4.19. The quantitative estimate of drug-likeness (QED) is 0.583. The summed E-state index contributed by atoms with van der Waals surface area (Å²) in [6.07, 6.45) is 2.86. The van der Waals surface area contributed by atoms with Crippen LogP contribution in [0.2, 0.25) is 0 Å². The molecule has 0 unspecified atom stereocenters. The smallest absolute Gasteiger partial charge is 0.243 e. The number of aryl methyl sites for hydroxylation is 2. The van der Waals surface area contributed by atoms with Crippen molar-refractivity contribution in [3.63, 3.8) is 0 Å². The summed E-state index contributed by atoms with van der Waals surface area (Å²) >= 11 is 0. The maximum atomic E-state index is 13.4. The van der Waals surface area contributed by atoms with Gasteiger partial charge in [-0.3, -0.25) is 4.79 Å². The SMILES string of the molecule is Cc1ccc(S(=O)(=O)N(CC(=O)N[C@H]2CCCc3ccccc32)Cc2ccccc2)cc1. The predicted octanol–water partition coefficient (Wildman–Crippen LogP) is 4.38. The van der Waals surface area contributed by atoms with Gasteiger partial charge in [-0.05, 0) is 55.0 Å². The number of nitrogens with zero attached hydrogens (tertiary/aromatic N) is 1. The molecular weight excluding hydrogens is 420 g/mol. The zero-order valence-electron chi connectivity index (χ0n) is 18.2. The van der Waals surface area contributed by atoms with Crippen LogP contribution in [-0.4, -0.2) is 25.2 Å². The molecule has 0 aromatic heterocycles. The molecule has 4 rings (SSSR count). The molecule has 32 heavy (non-hydrogen) atoms. The maximum Gasteiger partial charge on any atom is 0.243 e. The van der Waals surface area contributed by atoms with Crippen molar-refractivity contribution in [2.45, 2.75) is 43.7 Å². The molecule has 0 radical (unpaired) electrons. The molecule has 0 bridgehead atoms. The number of nitrogens with one attached hydrogen (secondary N) is 1. The standard InChI is InChI=1S/C26H28N2O3S/c1-20-14-16-23(17-15-20)32(30,31)28(18-21-8-3-2-4-9-21)19-26(29)27-25-13-7-11-22-10-5-6-12-24(22)25/h2-6,8-10,12,14-17,25H,7,11,13,18-19H2,1H3,(H,27,29)/t25-/m0/s1. The predicted molar refractivity (Wildman–Crippen MR) is 125 cm³/mol. The lowest BCUT2D eigenvalue weighted by Crippen LogP contribution is -2.42. The van der Waals surface area contributed by atoms with Gasteiger partial charge in [-0.25, -0.2) is 8.42 Å². The molecule has 3 aromatic rings. The molecule has 1 aliphatic rings. The van der Waals surface area contributed by atoms with Crippen LogP contribution in [0.3, 0.4) is 0 Å². The molecule has 6 heteroatoms. The summed E-state index contributed by atoms with van der Waals surface area (Å²) in [5.74, 6) is -0.293. The van der Waals surface area contributed by atoms with Gasteiger partial charge < -0.3 is 5.32 Å². The fourth-order valence-electron chi connectivity index (χ4n) is 4.18. The van der Waals surface area contributed by atoms with Gasteiger partial charge >= 0.3 is 0 Å². The Bertz CT molecular complexity index is 1180. The van der Waals surface area contributed by atoms with Crippen LogP contribution in [0.15, 0.2) is 83.8 Å². The summed E-state index contributed by atoms with van der Waals surface area (Å²) in [6.45, 7) is 1.81. The average molecular weight is 449 g/mol. The highest BCUT2D eigenvalue weighted by atomic mass is 32.2. The fraction of sp³-hybridized carbons (Fsp3) is 0.269. The van der Waals surface area contributed by atoms with Crippen molar-refractivity contribution in [2.75, 3.05) is 6.54 Å². The third kappa shape index (κ3) is 5.09. The lowest BCUT2D eigenvalue weighted by atomic mass is 9.88. The second-order valence-corrected chi connectivity index (χ2v) is 10.2. The number of carbonyl (C=O) groups excluding carboxylic acids is 1. The first-order valence-corrected chi connectivity index (χ1v) is 12.4. The number of amides is 1. The molecule has 1 amide bonds. The van der Waals surface area contributed by atoms with E-state index in [1.807, 2.05) is 55.5 Å². The molecule has 1 N–H and O–H groups in total. The van der Waals surface area contributed by atoms with Crippen LogP contribution in [-0.2, 0) is 27.8 Å². The summed E-state index contributed by atoms with van der Waals surface area (Å²) < 4.78 is 28.1. The first-order chi connectivity index (χ1) is 15.4. The third-order valence-corrected chi connectivity index (χ3v) is 7.69. The van der Waals surface area contributed by atoms with E-state index in [0.29, 0.717) is 0 Å². The molecule has 0 spiro atoms. The van der Waals surface area contributed by atoms with E-state index in [2.05, 4.69) is 11.4 Å². The van der Waals surface area contributed by atoms with E-state index in [1.54, 1.807) is 24.3 Å². The average Bonchev–Trinajstić information content (AvgIpc) is 2.80. The number of hydrogen-bond donors (Lipinski definition) is 1. The normalized spacial score (nSPS) is 15.9. The van der Waals surface area contributed by atoms with Gasteiger partial charge in [-0.15, -0.1) is 0 Å². The van der Waals surface area contributed by atoms with Gasteiger partial charge in [0.25, 0.3) is 0 Å². The van der Waals surface area contributed by atoms with E-state index in [9.17, 15) is 13.2 Å². The number of fused-ring (bicyclic) bond motifs is 1. The Hall–Kier alpha value is -2.96. The Morgan fingerprint density at radius 1 is 0.969 bits per heavy atom. The van der Waals surface area contributed by atoms with Crippen LogP contribution in [0.4, 0.5) is 0 Å². The number of rotatable bonds is 7. The van der Waals surface area contributed by atoms with Gasteiger partial charge in [-0.1, -0.05) is 72.3 Å². The van der Waals surface area contributed by atoms with Crippen molar-refractivity contribution < 1.29 is 13.2 Å². The van der Waals surface area contributed by atoms with Crippen molar-refractivity contribution >= 4 is 15.9 Å². The van der Waals surface area contributed by atoms with E-state index in [1.165, 1.54) is 9.87 Å². The van der Waals surface area contributed by atoms with Crippen molar-refractivity contribution in [3.8, 4) is 0 Å². The minimum Gasteiger partial charge on any atom is -0.348 e. The molecular formula is C26H28N2O3S. The Balaban J connectivity index is 1.56. The highest BCUT2D eigenvalue weighted by molar-refractivity contribution is 7.89. The van der Waals surface area contributed by atoms with Crippen molar-refractivity contribution in [2.24, 2.45) is 0 Å². The fourth-order valence-corrected chi connectivity index (χ4v) is 5.56. The second kappa shape index (κ2) is 9.67. The summed E-state index contributed by atoms with van der Waals surface area (Å²) in [4.78, 5) is 13.2. The van der Waals surface area contributed by atoms with Crippen molar-refractivity contribution in [1.29, 1.82) is 0 Å². The summed E-state index contributed by atoms with van der Waals surface area (Å²) in [6, 6.07) is 24.1. The lowest BCUT2D eigenvalue weighted by molar-refractivity contribution is -0.122. The Morgan fingerprint density at radius 2 is 1.66 bits per heavy atom. The molecule has 1 aliphatic carbocycles. The van der Waals surface area contributed by atoms with E-state index in [-0.39, 0.29) is 29.9 Å². The minimum absolute atomic E-state index is 0.0897. The number of benzene rings is 3. The first-order valence-electron chi connectivity index (χ1n) is 10.9. The van der Waals surface area contributed by atoms with Gasteiger partial charge in [0.1, 0.15) is 0 Å². The van der Waals surface area contributed by atoms with Crippen molar-refractivity contribution in [3.05, 3.63) is 101 Å². The van der Waals surface area contributed by atoms with Gasteiger partial charge in [0.15, 0.2) is 0 Å². The zero-order valence-corrected chi connectivity index (χ0v) is 19.0. The topological polar surface area (TPSA) is 66.5 Å². The number of hydrogen-bond acceptors (Lipinski definition) is 3. The molecule has 0 aliphatic heterocycles. The largest absolute Gasteiger partial charge is 0.348 e. The van der Waals surface area contributed by atoms with E-state index < -0.39 is 10.0 Å². The van der Waals surface area contributed by atoms with Gasteiger partial charge in [0.2, 0.25) is 15.9 Å². The summed E-state index contributed by atoms with van der Waals surface area (Å²) in [5, 5.41) is 3.08. The van der Waals surface area contributed by atoms with Gasteiger partial charge in [0.05, 0.1) is 17.5 Å². The second-order valence-electron chi connectivity index (χ2n) is 8.28. The summed E-state index contributed by atoms with van der Waals surface area (Å²) in [7, 11) is -3.84. The van der Waals surface area contributed by atoms with Crippen LogP contribution in [0, 0.1) is 6.92 Å². The van der Waals surface area contributed by atoms with Crippen LogP contribution in [0.25, 0.3) is 0 Å². The zero-order chi connectivity index (χ0) is 22.6. The molecule has 1 atom stereocenters. The van der Waals surface area contributed by atoms with Crippen LogP contribution >= 0.6 is 0 Å². The molecule has 5 nitrogen and oxygen atoms in total. The number of carbonyl (C=O) groups is 1. The highest BCUT2D eigenvalue weighted by Gasteiger charge is 2.28. The van der Waals surface area contributed by atoms with E-state index in [0.717, 1.165) is 36.0 Å². The Morgan fingerprint density at radius 3 is 2.41 bits per heavy atom. The molecule has 0 saturated carbocycles. The Kier molecular flexibility index (Phi) is 6.72. The molecule has 166 valence electrons. The highest BCUT2D eigenvalue weighted by Crippen LogP contribution is 2.29.